The van der Waals surface area contributed by atoms with Crippen molar-refractivity contribution in [1.29, 1.82) is 0 Å². The molecule has 0 radical (unpaired) electrons. The molecular formula is C16H16ClFO2. The van der Waals surface area contributed by atoms with Gasteiger partial charge in [0, 0.05) is 5.88 Å². The lowest BCUT2D eigenvalue weighted by molar-refractivity contribution is 0.283. The number of hydrogen-bond acceptors (Lipinski definition) is 2. The summed E-state index contributed by atoms with van der Waals surface area (Å²) in [7, 11) is 1.59. The van der Waals surface area contributed by atoms with Gasteiger partial charge in [-0.25, -0.2) is 4.39 Å². The van der Waals surface area contributed by atoms with E-state index in [4.69, 9.17) is 21.1 Å². The van der Waals surface area contributed by atoms with E-state index in [-0.39, 0.29) is 5.82 Å². The molecule has 4 heteroatoms. The van der Waals surface area contributed by atoms with Crippen LogP contribution in [0.5, 0.6) is 11.5 Å². The van der Waals surface area contributed by atoms with Gasteiger partial charge in [-0.1, -0.05) is 12.1 Å². The van der Waals surface area contributed by atoms with E-state index >= 15 is 0 Å². The first-order valence-electron chi connectivity index (χ1n) is 6.24. The van der Waals surface area contributed by atoms with Crippen molar-refractivity contribution < 1.29 is 13.9 Å². The van der Waals surface area contributed by atoms with Gasteiger partial charge in [-0.05, 0) is 47.9 Å². The quantitative estimate of drug-likeness (QED) is 0.758. The Morgan fingerprint density at radius 2 is 1.90 bits per heavy atom. The first kappa shape index (κ1) is 14.7. The summed E-state index contributed by atoms with van der Waals surface area (Å²) in [5.41, 5.74) is 2.77. The molecule has 0 saturated heterocycles. The summed E-state index contributed by atoms with van der Waals surface area (Å²) in [6.07, 6.45) is 0. The number of benzene rings is 2. The number of methoxy groups -OCH3 is 1. The van der Waals surface area contributed by atoms with Gasteiger partial charge in [0.2, 0.25) is 0 Å². The SMILES string of the molecule is COc1cc(CCl)ccc1OCc1ccc(F)cc1C. The maximum absolute atomic E-state index is 13.0. The summed E-state index contributed by atoms with van der Waals surface area (Å²) in [6.45, 7) is 2.22. The van der Waals surface area contributed by atoms with Crippen molar-refractivity contribution in [3.8, 4) is 11.5 Å². The number of ether oxygens (including phenoxy) is 2. The molecule has 0 N–H and O–H groups in total. The zero-order valence-corrected chi connectivity index (χ0v) is 12.2. The van der Waals surface area contributed by atoms with Gasteiger partial charge in [-0.2, -0.15) is 0 Å². The fourth-order valence-electron chi connectivity index (χ4n) is 1.89. The molecule has 0 aromatic heterocycles. The van der Waals surface area contributed by atoms with E-state index in [0.29, 0.717) is 24.0 Å². The molecule has 0 aliphatic carbocycles. The average molecular weight is 295 g/mol. The van der Waals surface area contributed by atoms with E-state index in [1.165, 1.54) is 12.1 Å². The lowest BCUT2D eigenvalue weighted by Crippen LogP contribution is -2.00. The Bertz CT molecular complexity index is 599. The van der Waals surface area contributed by atoms with Gasteiger partial charge in [-0.15, -0.1) is 11.6 Å². The molecule has 2 aromatic rings. The minimum absolute atomic E-state index is 0.240. The van der Waals surface area contributed by atoms with Crippen molar-refractivity contribution >= 4 is 11.6 Å². The number of alkyl halides is 1. The Balaban J connectivity index is 2.14. The topological polar surface area (TPSA) is 18.5 Å². The van der Waals surface area contributed by atoms with E-state index in [0.717, 1.165) is 16.7 Å². The standard InChI is InChI=1S/C16H16ClFO2/c1-11-7-14(18)5-4-13(11)10-20-15-6-3-12(9-17)8-16(15)19-2/h3-8H,9-10H2,1-2H3. The summed E-state index contributed by atoms with van der Waals surface area (Å²) < 4.78 is 24.1. The minimum Gasteiger partial charge on any atom is -0.493 e. The lowest BCUT2D eigenvalue weighted by Gasteiger charge is -2.13. The Morgan fingerprint density at radius 3 is 2.55 bits per heavy atom. The van der Waals surface area contributed by atoms with Gasteiger partial charge in [0.1, 0.15) is 12.4 Å². The maximum atomic E-state index is 13.0. The van der Waals surface area contributed by atoms with Gasteiger partial charge < -0.3 is 9.47 Å². The predicted molar refractivity (Wildman–Crippen MR) is 78.0 cm³/mol. The Kier molecular flexibility index (Phi) is 4.85. The summed E-state index contributed by atoms with van der Waals surface area (Å²) in [4.78, 5) is 0. The molecule has 0 fully saturated rings. The third-order valence-electron chi connectivity index (χ3n) is 3.07. The van der Waals surface area contributed by atoms with Crippen molar-refractivity contribution in [3.05, 3.63) is 58.9 Å². The molecule has 0 atom stereocenters. The fraction of sp³-hybridized carbons (Fsp3) is 0.250. The molecule has 2 aromatic carbocycles. The zero-order valence-electron chi connectivity index (χ0n) is 11.5. The maximum Gasteiger partial charge on any atom is 0.161 e. The third-order valence-corrected chi connectivity index (χ3v) is 3.38. The van der Waals surface area contributed by atoms with Gasteiger partial charge >= 0.3 is 0 Å². The van der Waals surface area contributed by atoms with Crippen LogP contribution in [-0.2, 0) is 12.5 Å². The zero-order chi connectivity index (χ0) is 14.5. The lowest BCUT2D eigenvalue weighted by atomic mass is 10.1. The number of aryl methyl sites for hydroxylation is 1. The number of halogens is 2. The molecule has 0 aliphatic rings. The molecule has 0 amide bonds. The summed E-state index contributed by atoms with van der Waals surface area (Å²) in [6, 6.07) is 10.2. The summed E-state index contributed by atoms with van der Waals surface area (Å²) >= 11 is 5.78. The number of hydrogen-bond donors (Lipinski definition) is 0. The van der Waals surface area contributed by atoms with Crippen LogP contribution in [0.15, 0.2) is 36.4 Å². The van der Waals surface area contributed by atoms with Crippen LogP contribution in [0.4, 0.5) is 4.39 Å². The van der Waals surface area contributed by atoms with Crippen LogP contribution in [0.25, 0.3) is 0 Å². The van der Waals surface area contributed by atoms with Crippen LogP contribution in [0, 0.1) is 12.7 Å². The van der Waals surface area contributed by atoms with E-state index in [9.17, 15) is 4.39 Å². The first-order chi connectivity index (χ1) is 9.63. The highest BCUT2D eigenvalue weighted by Crippen LogP contribution is 2.29. The molecule has 2 rings (SSSR count). The first-order valence-corrected chi connectivity index (χ1v) is 6.78. The van der Waals surface area contributed by atoms with Crippen LogP contribution in [0.1, 0.15) is 16.7 Å². The molecular weight excluding hydrogens is 279 g/mol. The molecule has 2 nitrogen and oxygen atoms in total. The highest BCUT2D eigenvalue weighted by molar-refractivity contribution is 6.17. The van der Waals surface area contributed by atoms with Crippen LogP contribution in [-0.4, -0.2) is 7.11 Å². The second kappa shape index (κ2) is 6.62. The van der Waals surface area contributed by atoms with Crippen molar-refractivity contribution in [3.63, 3.8) is 0 Å². The fourth-order valence-corrected chi connectivity index (χ4v) is 2.06. The molecule has 0 bridgehead atoms. The molecule has 0 aliphatic heterocycles. The van der Waals surface area contributed by atoms with E-state index in [2.05, 4.69) is 0 Å². The van der Waals surface area contributed by atoms with E-state index in [1.807, 2.05) is 25.1 Å². The van der Waals surface area contributed by atoms with Crippen molar-refractivity contribution in [1.82, 2.24) is 0 Å². The summed E-state index contributed by atoms with van der Waals surface area (Å²) in [5.74, 6) is 1.47. The highest BCUT2D eigenvalue weighted by atomic mass is 35.5. The van der Waals surface area contributed by atoms with Crippen LogP contribution >= 0.6 is 11.6 Å². The molecule has 0 unspecified atom stereocenters. The normalized spacial score (nSPS) is 10.4. The van der Waals surface area contributed by atoms with E-state index in [1.54, 1.807) is 13.2 Å². The van der Waals surface area contributed by atoms with Gasteiger partial charge in [0.25, 0.3) is 0 Å². The predicted octanol–water partition coefficient (Wildman–Crippen LogP) is 4.46. The second-order valence-corrected chi connectivity index (χ2v) is 4.75. The van der Waals surface area contributed by atoms with E-state index < -0.39 is 0 Å². The number of rotatable bonds is 5. The average Bonchev–Trinajstić information content (AvgIpc) is 2.46. The Morgan fingerprint density at radius 1 is 1.10 bits per heavy atom. The molecule has 0 spiro atoms. The van der Waals surface area contributed by atoms with Gasteiger partial charge in [0.15, 0.2) is 11.5 Å². The highest BCUT2D eigenvalue weighted by Gasteiger charge is 2.07. The smallest absolute Gasteiger partial charge is 0.161 e. The Hall–Kier alpha value is -1.74. The molecule has 0 heterocycles. The largest absolute Gasteiger partial charge is 0.493 e. The molecule has 0 saturated carbocycles. The second-order valence-electron chi connectivity index (χ2n) is 4.48. The van der Waals surface area contributed by atoms with Crippen LogP contribution in [0.2, 0.25) is 0 Å². The Labute approximate surface area is 123 Å². The van der Waals surface area contributed by atoms with Crippen LogP contribution in [0.3, 0.4) is 0 Å². The van der Waals surface area contributed by atoms with Gasteiger partial charge in [-0.3, -0.25) is 0 Å². The summed E-state index contributed by atoms with van der Waals surface area (Å²) in [5, 5.41) is 0. The van der Waals surface area contributed by atoms with Gasteiger partial charge in [0.05, 0.1) is 7.11 Å². The van der Waals surface area contributed by atoms with Crippen LogP contribution < -0.4 is 9.47 Å². The minimum atomic E-state index is -0.240. The van der Waals surface area contributed by atoms with Crippen molar-refractivity contribution in [2.75, 3.05) is 7.11 Å². The van der Waals surface area contributed by atoms with Crippen molar-refractivity contribution in [2.45, 2.75) is 19.4 Å². The molecule has 20 heavy (non-hydrogen) atoms. The monoisotopic (exact) mass is 294 g/mol. The third kappa shape index (κ3) is 3.42. The van der Waals surface area contributed by atoms with Crippen molar-refractivity contribution in [2.24, 2.45) is 0 Å². The molecule has 106 valence electrons.